The van der Waals surface area contributed by atoms with Gasteiger partial charge in [0.15, 0.2) is 5.78 Å². The Hall–Kier alpha value is -0.450. The van der Waals surface area contributed by atoms with E-state index in [1.165, 1.54) is 11.3 Å². The minimum Gasteiger partial charge on any atom is -0.303 e. The fourth-order valence-corrected chi connectivity index (χ4v) is 1.90. The van der Waals surface area contributed by atoms with Gasteiger partial charge in [0.05, 0.1) is 5.88 Å². The minimum atomic E-state index is -0.108. The highest BCUT2D eigenvalue weighted by atomic mass is 35.5. The monoisotopic (exact) mass is 218 g/mol. The van der Waals surface area contributed by atoms with Crippen LogP contribution in [0.3, 0.4) is 0 Å². The fraction of sp³-hybridized carbons (Fsp3) is 0.500. The maximum atomic E-state index is 11.1. The number of carbonyl (C=O) groups excluding carboxylic acids is 1. The van der Waals surface area contributed by atoms with Gasteiger partial charge < -0.3 is 4.90 Å². The fourth-order valence-electron chi connectivity index (χ4n) is 0.851. The van der Waals surface area contributed by atoms with Crippen molar-refractivity contribution in [2.24, 2.45) is 0 Å². The molecule has 13 heavy (non-hydrogen) atoms. The van der Waals surface area contributed by atoms with Crippen LogP contribution < -0.4 is 0 Å². The molecule has 0 atom stereocenters. The molecular formula is C8H11ClN2OS. The second-order valence-corrected chi connectivity index (χ2v) is 4.13. The van der Waals surface area contributed by atoms with Crippen LogP contribution in [0.4, 0.5) is 0 Å². The first-order valence-corrected chi connectivity index (χ1v) is 5.23. The molecule has 1 aromatic heterocycles. The van der Waals surface area contributed by atoms with Gasteiger partial charge in [0.1, 0.15) is 10.7 Å². The van der Waals surface area contributed by atoms with Gasteiger partial charge in [-0.2, -0.15) is 0 Å². The molecule has 0 spiro atoms. The third-order valence-corrected chi connectivity index (χ3v) is 2.49. The van der Waals surface area contributed by atoms with E-state index in [0.29, 0.717) is 5.69 Å². The third-order valence-electron chi connectivity index (χ3n) is 1.41. The van der Waals surface area contributed by atoms with Crippen molar-refractivity contribution < 1.29 is 4.79 Å². The van der Waals surface area contributed by atoms with Crippen molar-refractivity contribution in [3.63, 3.8) is 0 Å². The largest absolute Gasteiger partial charge is 0.303 e. The molecule has 1 rings (SSSR count). The van der Waals surface area contributed by atoms with Gasteiger partial charge in [-0.05, 0) is 14.1 Å². The Kier molecular flexibility index (Phi) is 3.84. The van der Waals surface area contributed by atoms with E-state index < -0.39 is 0 Å². The van der Waals surface area contributed by atoms with E-state index in [4.69, 9.17) is 11.6 Å². The molecule has 0 fully saturated rings. The first kappa shape index (κ1) is 10.6. The van der Waals surface area contributed by atoms with E-state index in [9.17, 15) is 4.79 Å². The van der Waals surface area contributed by atoms with Crippen molar-refractivity contribution in [2.75, 3.05) is 20.0 Å². The molecule has 1 heterocycles. The molecule has 0 aliphatic rings. The van der Waals surface area contributed by atoms with E-state index in [0.717, 1.165) is 11.6 Å². The number of alkyl halides is 1. The number of rotatable bonds is 4. The third kappa shape index (κ3) is 3.06. The summed E-state index contributed by atoms with van der Waals surface area (Å²) < 4.78 is 0. The number of nitrogens with zero attached hydrogens (tertiary/aromatic N) is 2. The zero-order valence-corrected chi connectivity index (χ0v) is 9.15. The summed E-state index contributed by atoms with van der Waals surface area (Å²) in [5.74, 6) is -0.103. The Balaban J connectivity index is 2.69. The number of ketones is 1. The van der Waals surface area contributed by atoms with Crippen LogP contribution in [-0.4, -0.2) is 35.6 Å². The molecule has 0 aromatic carbocycles. The number of hydrogen-bond donors (Lipinski definition) is 0. The first-order valence-electron chi connectivity index (χ1n) is 3.81. The molecule has 72 valence electrons. The van der Waals surface area contributed by atoms with Crippen molar-refractivity contribution >= 4 is 28.7 Å². The van der Waals surface area contributed by atoms with Crippen molar-refractivity contribution in [1.29, 1.82) is 0 Å². The van der Waals surface area contributed by atoms with E-state index in [1.54, 1.807) is 5.38 Å². The quantitative estimate of drug-likeness (QED) is 0.569. The molecule has 0 bridgehead atoms. The Morgan fingerprint density at radius 2 is 2.38 bits per heavy atom. The average Bonchev–Trinajstić information content (AvgIpc) is 2.50. The van der Waals surface area contributed by atoms with Gasteiger partial charge in [0.25, 0.3) is 0 Å². The summed E-state index contributed by atoms with van der Waals surface area (Å²) in [6.45, 7) is 0.764. The Labute approximate surface area is 86.3 Å². The lowest BCUT2D eigenvalue weighted by Gasteiger charge is -2.04. The molecule has 0 N–H and O–H groups in total. The van der Waals surface area contributed by atoms with Gasteiger partial charge >= 0.3 is 0 Å². The number of carbonyl (C=O) groups is 1. The van der Waals surface area contributed by atoms with E-state index in [-0.39, 0.29) is 11.7 Å². The van der Waals surface area contributed by atoms with Crippen LogP contribution in [0.2, 0.25) is 0 Å². The summed E-state index contributed by atoms with van der Waals surface area (Å²) >= 11 is 6.90. The molecule has 5 heteroatoms. The molecule has 0 saturated heterocycles. The van der Waals surface area contributed by atoms with Gasteiger partial charge in [-0.3, -0.25) is 4.79 Å². The van der Waals surface area contributed by atoms with Gasteiger partial charge in [0, 0.05) is 11.9 Å². The lowest BCUT2D eigenvalue weighted by molar-refractivity contribution is 0.101. The highest BCUT2D eigenvalue weighted by molar-refractivity contribution is 7.09. The predicted molar refractivity (Wildman–Crippen MR) is 54.6 cm³/mol. The van der Waals surface area contributed by atoms with Crippen molar-refractivity contribution in [3.05, 3.63) is 16.1 Å². The van der Waals surface area contributed by atoms with E-state index in [2.05, 4.69) is 4.98 Å². The highest BCUT2D eigenvalue weighted by Crippen LogP contribution is 2.11. The number of aromatic nitrogens is 1. The van der Waals surface area contributed by atoms with Crippen LogP contribution in [0.15, 0.2) is 5.38 Å². The Bertz CT molecular complexity index is 298. The lowest BCUT2D eigenvalue weighted by Crippen LogP contribution is -2.10. The average molecular weight is 219 g/mol. The lowest BCUT2D eigenvalue weighted by atomic mass is 10.3. The van der Waals surface area contributed by atoms with Crippen LogP contribution >= 0.6 is 22.9 Å². The smallest absolute Gasteiger partial charge is 0.196 e. The van der Waals surface area contributed by atoms with Crippen molar-refractivity contribution in [3.8, 4) is 0 Å². The molecule has 3 nitrogen and oxygen atoms in total. The molecule has 0 unspecified atom stereocenters. The van der Waals surface area contributed by atoms with Crippen LogP contribution in [0.25, 0.3) is 0 Å². The zero-order chi connectivity index (χ0) is 9.84. The summed E-state index contributed by atoms with van der Waals surface area (Å²) in [6.07, 6.45) is 0. The molecule has 0 radical (unpaired) electrons. The van der Waals surface area contributed by atoms with Gasteiger partial charge in [-0.15, -0.1) is 22.9 Å². The number of thiazole rings is 1. The van der Waals surface area contributed by atoms with Gasteiger partial charge in [-0.1, -0.05) is 0 Å². The van der Waals surface area contributed by atoms with Crippen LogP contribution in [0.1, 0.15) is 15.5 Å². The van der Waals surface area contributed by atoms with Gasteiger partial charge in [0.2, 0.25) is 0 Å². The summed E-state index contributed by atoms with van der Waals surface area (Å²) in [5, 5.41) is 2.70. The zero-order valence-electron chi connectivity index (χ0n) is 7.58. The molecule has 0 amide bonds. The summed E-state index contributed by atoms with van der Waals surface area (Å²) in [4.78, 5) is 17.3. The first-order chi connectivity index (χ1) is 6.13. The van der Waals surface area contributed by atoms with E-state index >= 15 is 0 Å². The molecular weight excluding hydrogens is 208 g/mol. The maximum Gasteiger partial charge on any atom is 0.196 e. The number of halogens is 1. The Morgan fingerprint density at radius 3 is 2.92 bits per heavy atom. The highest BCUT2D eigenvalue weighted by Gasteiger charge is 2.09. The van der Waals surface area contributed by atoms with E-state index in [1.807, 2.05) is 19.0 Å². The SMILES string of the molecule is CN(C)Cc1nc(C(=O)CCl)cs1. The van der Waals surface area contributed by atoms with Crippen LogP contribution in [0.5, 0.6) is 0 Å². The molecule has 0 aliphatic heterocycles. The van der Waals surface area contributed by atoms with Crippen LogP contribution in [-0.2, 0) is 6.54 Å². The summed E-state index contributed by atoms with van der Waals surface area (Å²) in [7, 11) is 3.93. The standard InChI is InChI=1S/C8H11ClN2OS/c1-11(2)4-8-10-6(5-13-8)7(12)3-9/h5H,3-4H2,1-2H3. The molecule has 1 aromatic rings. The second-order valence-electron chi connectivity index (χ2n) is 2.92. The van der Waals surface area contributed by atoms with Crippen LogP contribution in [0, 0.1) is 0 Å². The summed E-state index contributed by atoms with van der Waals surface area (Å²) in [6, 6.07) is 0. The molecule has 0 aliphatic carbocycles. The summed E-state index contributed by atoms with van der Waals surface area (Å²) in [5.41, 5.74) is 0.483. The van der Waals surface area contributed by atoms with Crippen molar-refractivity contribution in [2.45, 2.75) is 6.54 Å². The Morgan fingerprint density at radius 1 is 1.69 bits per heavy atom. The number of hydrogen-bond acceptors (Lipinski definition) is 4. The predicted octanol–water partition coefficient (Wildman–Crippen LogP) is 1.63. The second kappa shape index (κ2) is 4.69. The topological polar surface area (TPSA) is 33.2 Å². The number of Topliss-reactive ketones (excluding diaryl/α,β-unsaturated/α-hetero) is 1. The molecule has 0 saturated carbocycles. The van der Waals surface area contributed by atoms with Crippen molar-refractivity contribution in [1.82, 2.24) is 9.88 Å². The maximum absolute atomic E-state index is 11.1. The minimum absolute atomic E-state index is 0.00510. The van der Waals surface area contributed by atoms with Gasteiger partial charge in [-0.25, -0.2) is 4.98 Å². The normalized spacial score (nSPS) is 10.8.